The summed E-state index contributed by atoms with van der Waals surface area (Å²) >= 11 is 0. The predicted octanol–water partition coefficient (Wildman–Crippen LogP) is 3.60. The van der Waals surface area contributed by atoms with Crippen LogP contribution in [0.15, 0.2) is 77.9 Å². The fraction of sp³-hybridized carbons (Fsp3) is 0.214. The lowest BCUT2D eigenvalue weighted by molar-refractivity contribution is -0.139. The van der Waals surface area contributed by atoms with Gasteiger partial charge in [0, 0.05) is 12.2 Å². The van der Waals surface area contributed by atoms with Gasteiger partial charge in [-0.1, -0.05) is 50.2 Å². The highest BCUT2D eigenvalue weighted by Crippen LogP contribution is 2.16. The molecule has 0 fully saturated rings. The molecular weight excluding hydrogens is 472 g/mol. The fourth-order valence-corrected chi connectivity index (χ4v) is 3.20. The molecule has 0 radical (unpaired) electrons. The van der Waals surface area contributed by atoms with Crippen molar-refractivity contribution in [3.05, 3.63) is 89.5 Å². The van der Waals surface area contributed by atoms with E-state index in [4.69, 9.17) is 9.47 Å². The van der Waals surface area contributed by atoms with Crippen LogP contribution < -0.4 is 25.5 Å². The molecule has 0 heterocycles. The quantitative estimate of drug-likeness (QED) is 0.222. The van der Waals surface area contributed by atoms with Crippen molar-refractivity contribution in [2.24, 2.45) is 5.10 Å². The number of carbonyl (C=O) groups excluding carboxylic acids is 3. The summed E-state index contributed by atoms with van der Waals surface area (Å²) < 4.78 is 10.6. The lowest BCUT2D eigenvalue weighted by Gasteiger charge is -2.08. The average molecular weight is 503 g/mol. The number of hydrogen-bond donors (Lipinski definition) is 3. The van der Waals surface area contributed by atoms with Crippen molar-refractivity contribution in [2.45, 2.75) is 26.3 Å². The van der Waals surface area contributed by atoms with E-state index in [1.807, 2.05) is 24.3 Å². The van der Waals surface area contributed by atoms with E-state index in [2.05, 4.69) is 35.0 Å². The standard InChI is InChI=1S/C28H30N4O5/c1-19(2)22-9-7-20(8-10-22)16-29-27(34)28(35)32-30-17-21-5-4-6-25(15-21)37-18-26(33)31-23-11-13-24(36-3)14-12-23/h4-15,17,19H,16,18H2,1-3H3,(H,29,34)(H,31,33)(H,32,35)/b30-17-. The Bertz CT molecular complexity index is 1240. The van der Waals surface area contributed by atoms with E-state index in [-0.39, 0.29) is 19.1 Å². The maximum Gasteiger partial charge on any atom is 0.329 e. The Morgan fingerprint density at radius 2 is 1.65 bits per heavy atom. The van der Waals surface area contributed by atoms with Gasteiger partial charge in [0.05, 0.1) is 13.3 Å². The molecule has 9 heteroatoms. The van der Waals surface area contributed by atoms with Gasteiger partial charge in [-0.2, -0.15) is 5.10 Å². The smallest absolute Gasteiger partial charge is 0.329 e. The Morgan fingerprint density at radius 3 is 2.32 bits per heavy atom. The maximum absolute atomic E-state index is 12.1. The Labute approximate surface area is 215 Å². The van der Waals surface area contributed by atoms with Crippen molar-refractivity contribution >= 4 is 29.6 Å². The number of methoxy groups -OCH3 is 1. The summed E-state index contributed by atoms with van der Waals surface area (Å²) in [6.45, 7) is 4.26. The van der Waals surface area contributed by atoms with Gasteiger partial charge in [0.25, 0.3) is 5.91 Å². The molecule has 0 aromatic heterocycles. The number of nitrogens with one attached hydrogen (secondary N) is 3. The summed E-state index contributed by atoms with van der Waals surface area (Å²) in [6, 6.07) is 21.6. The number of benzene rings is 3. The number of nitrogens with zero attached hydrogens (tertiary/aromatic N) is 1. The molecule has 3 amide bonds. The minimum absolute atomic E-state index is 0.191. The topological polar surface area (TPSA) is 118 Å². The number of hydrazone groups is 1. The molecule has 0 spiro atoms. The third kappa shape index (κ3) is 8.81. The van der Waals surface area contributed by atoms with Crippen LogP contribution in [0.1, 0.15) is 36.5 Å². The van der Waals surface area contributed by atoms with Crippen LogP contribution in [0.5, 0.6) is 11.5 Å². The third-order valence-electron chi connectivity index (χ3n) is 5.29. The van der Waals surface area contributed by atoms with Crippen molar-refractivity contribution in [2.75, 3.05) is 19.0 Å². The lowest BCUT2D eigenvalue weighted by Crippen LogP contribution is -2.37. The van der Waals surface area contributed by atoms with Gasteiger partial charge in [-0.05, 0) is 59.0 Å². The summed E-state index contributed by atoms with van der Waals surface area (Å²) in [5, 5.41) is 9.12. The first-order valence-corrected chi connectivity index (χ1v) is 11.7. The van der Waals surface area contributed by atoms with Crippen LogP contribution in [-0.4, -0.2) is 37.7 Å². The van der Waals surface area contributed by atoms with Crippen LogP contribution in [-0.2, 0) is 20.9 Å². The molecule has 0 atom stereocenters. The second-order valence-electron chi connectivity index (χ2n) is 8.42. The second-order valence-corrected chi connectivity index (χ2v) is 8.42. The molecule has 0 unspecified atom stereocenters. The van der Waals surface area contributed by atoms with Crippen molar-refractivity contribution in [1.82, 2.24) is 10.7 Å². The highest BCUT2D eigenvalue weighted by atomic mass is 16.5. The Kier molecular flexibility index (Phi) is 9.78. The molecule has 0 saturated carbocycles. The van der Waals surface area contributed by atoms with Gasteiger partial charge in [0.2, 0.25) is 0 Å². The summed E-state index contributed by atoms with van der Waals surface area (Å²) in [4.78, 5) is 36.2. The van der Waals surface area contributed by atoms with Crippen molar-refractivity contribution < 1.29 is 23.9 Å². The van der Waals surface area contributed by atoms with Gasteiger partial charge in [-0.15, -0.1) is 0 Å². The molecule has 3 aromatic rings. The Hall–Kier alpha value is -4.66. The molecule has 3 rings (SSSR count). The molecular formula is C28H30N4O5. The first kappa shape index (κ1) is 26.9. The lowest BCUT2D eigenvalue weighted by atomic mass is 10.0. The van der Waals surface area contributed by atoms with Crippen LogP contribution in [0, 0.1) is 0 Å². The fourth-order valence-electron chi connectivity index (χ4n) is 3.20. The number of hydrogen-bond acceptors (Lipinski definition) is 6. The molecule has 3 aromatic carbocycles. The van der Waals surface area contributed by atoms with Crippen molar-refractivity contribution in [3.63, 3.8) is 0 Å². The number of rotatable bonds is 10. The molecule has 37 heavy (non-hydrogen) atoms. The van der Waals surface area contributed by atoms with E-state index < -0.39 is 11.8 Å². The molecule has 0 saturated heterocycles. The van der Waals surface area contributed by atoms with Gasteiger partial charge in [-0.3, -0.25) is 14.4 Å². The summed E-state index contributed by atoms with van der Waals surface area (Å²) in [5.74, 6) is -0.427. The number of anilines is 1. The Balaban J connectivity index is 1.42. The van der Waals surface area contributed by atoms with Crippen molar-refractivity contribution in [3.8, 4) is 11.5 Å². The number of amides is 3. The van der Waals surface area contributed by atoms with Gasteiger partial charge in [0.1, 0.15) is 11.5 Å². The highest BCUT2D eigenvalue weighted by molar-refractivity contribution is 6.35. The summed E-state index contributed by atoms with van der Waals surface area (Å²) in [5.41, 5.74) is 5.53. The van der Waals surface area contributed by atoms with Gasteiger partial charge in [-0.25, -0.2) is 5.43 Å². The van der Waals surface area contributed by atoms with Crippen LogP contribution in [0.2, 0.25) is 0 Å². The monoisotopic (exact) mass is 502 g/mol. The van der Waals surface area contributed by atoms with E-state index in [0.29, 0.717) is 28.7 Å². The molecule has 0 aliphatic heterocycles. The van der Waals surface area contributed by atoms with Crippen LogP contribution in [0.3, 0.4) is 0 Å². The minimum Gasteiger partial charge on any atom is -0.497 e. The van der Waals surface area contributed by atoms with Gasteiger partial charge < -0.3 is 20.1 Å². The first-order valence-electron chi connectivity index (χ1n) is 11.7. The predicted molar refractivity (Wildman–Crippen MR) is 142 cm³/mol. The molecule has 9 nitrogen and oxygen atoms in total. The average Bonchev–Trinajstić information content (AvgIpc) is 2.91. The van der Waals surface area contributed by atoms with E-state index in [1.165, 1.54) is 11.8 Å². The zero-order chi connectivity index (χ0) is 26.6. The van der Waals surface area contributed by atoms with Crippen LogP contribution in [0.4, 0.5) is 5.69 Å². The minimum atomic E-state index is -0.877. The molecule has 0 bridgehead atoms. The largest absolute Gasteiger partial charge is 0.497 e. The number of carbonyl (C=O) groups is 3. The normalized spacial score (nSPS) is 10.7. The zero-order valence-corrected chi connectivity index (χ0v) is 21.0. The van der Waals surface area contributed by atoms with E-state index in [0.717, 1.165) is 5.56 Å². The van der Waals surface area contributed by atoms with Gasteiger partial charge >= 0.3 is 11.8 Å². The maximum atomic E-state index is 12.1. The molecule has 192 valence electrons. The van der Waals surface area contributed by atoms with E-state index >= 15 is 0 Å². The summed E-state index contributed by atoms with van der Waals surface area (Å²) in [7, 11) is 1.57. The van der Waals surface area contributed by atoms with Gasteiger partial charge in [0.15, 0.2) is 6.61 Å². The zero-order valence-electron chi connectivity index (χ0n) is 21.0. The number of ether oxygens (including phenoxy) is 2. The van der Waals surface area contributed by atoms with E-state index in [1.54, 1.807) is 55.6 Å². The third-order valence-corrected chi connectivity index (χ3v) is 5.29. The molecule has 3 N–H and O–H groups in total. The van der Waals surface area contributed by atoms with Crippen molar-refractivity contribution in [1.29, 1.82) is 0 Å². The highest BCUT2D eigenvalue weighted by Gasteiger charge is 2.12. The molecule has 0 aliphatic carbocycles. The second kappa shape index (κ2) is 13.4. The molecule has 0 aliphatic rings. The van der Waals surface area contributed by atoms with E-state index in [9.17, 15) is 14.4 Å². The van der Waals surface area contributed by atoms with Crippen LogP contribution >= 0.6 is 0 Å². The summed E-state index contributed by atoms with van der Waals surface area (Å²) in [6.07, 6.45) is 1.38. The SMILES string of the molecule is COc1ccc(NC(=O)COc2cccc(/C=N\NC(=O)C(=O)NCc3ccc(C(C)C)cc3)c2)cc1. The first-order chi connectivity index (χ1) is 17.8. The Morgan fingerprint density at radius 1 is 0.919 bits per heavy atom. The van der Waals surface area contributed by atoms with Crippen LogP contribution in [0.25, 0.3) is 0 Å².